The summed E-state index contributed by atoms with van der Waals surface area (Å²) in [6, 6.07) is 2.88. The topological polar surface area (TPSA) is 27.0 Å². The summed E-state index contributed by atoms with van der Waals surface area (Å²) in [4.78, 5) is 2.49. The Morgan fingerprint density at radius 3 is 2.55 bits per heavy atom. The fourth-order valence-corrected chi connectivity index (χ4v) is 2.41. The van der Waals surface area contributed by atoms with E-state index in [0.29, 0.717) is 6.04 Å². The average Bonchev–Trinajstić information content (AvgIpc) is 2.07. The van der Waals surface area contributed by atoms with Crippen molar-refractivity contribution in [3.8, 4) is 6.07 Å². The first-order chi connectivity index (χ1) is 5.40. The minimum absolute atomic E-state index is 0.604. The van der Waals surface area contributed by atoms with E-state index >= 15 is 0 Å². The van der Waals surface area contributed by atoms with Gasteiger partial charge in [-0.3, -0.25) is 4.90 Å². The van der Waals surface area contributed by atoms with Crippen molar-refractivity contribution in [2.75, 3.05) is 13.1 Å². The summed E-state index contributed by atoms with van der Waals surface area (Å²) in [5.74, 6) is 0.943. The van der Waals surface area contributed by atoms with E-state index in [4.69, 9.17) is 5.26 Å². The van der Waals surface area contributed by atoms with Crippen LogP contribution in [-0.4, -0.2) is 24.0 Å². The van der Waals surface area contributed by atoms with Crippen LogP contribution < -0.4 is 0 Å². The summed E-state index contributed by atoms with van der Waals surface area (Å²) < 4.78 is 0. The van der Waals surface area contributed by atoms with Crippen LogP contribution in [0.15, 0.2) is 0 Å². The molecule has 3 rings (SSSR count). The van der Waals surface area contributed by atoms with Gasteiger partial charge < -0.3 is 0 Å². The van der Waals surface area contributed by atoms with Gasteiger partial charge in [0.05, 0.1) is 12.5 Å². The lowest BCUT2D eigenvalue weighted by Gasteiger charge is -2.44. The molecule has 2 bridgehead atoms. The highest BCUT2D eigenvalue weighted by molar-refractivity contribution is 4.92. The van der Waals surface area contributed by atoms with E-state index in [1.165, 1.54) is 32.4 Å². The molecule has 1 unspecified atom stereocenters. The third kappa shape index (κ3) is 1.25. The maximum Gasteiger partial charge on any atom is 0.0638 e. The molecule has 0 saturated carbocycles. The predicted octanol–water partition coefficient (Wildman–Crippen LogP) is 1.38. The van der Waals surface area contributed by atoms with E-state index in [-0.39, 0.29) is 0 Å². The van der Waals surface area contributed by atoms with Gasteiger partial charge in [-0.2, -0.15) is 5.26 Å². The monoisotopic (exact) mass is 150 g/mol. The van der Waals surface area contributed by atoms with Crippen molar-refractivity contribution in [2.24, 2.45) is 5.92 Å². The van der Waals surface area contributed by atoms with Crippen molar-refractivity contribution in [3.63, 3.8) is 0 Å². The lowest BCUT2D eigenvalue weighted by atomic mass is 9.82. The van der Waals surface area contributed by atoms with Crippen LogP contribution in [0.1, 0.15) is 25.7 Å². The fraction of sp³-hybridized carbons (Fsp3) is 0.889. The highest BCUT2D eigenvalue weighted by Gasteiger charge is 2.32. The largest absolute Gasteiger partial charge is 0.299 e. The lowest BCUT2D eigenvalue weighted by Crippen LogP contribution is -2.48. The van der Waals surface area contributed by atoms with Crippen LogP contribution in [0.5, 0.6) is 0 Å². The van der Waals surface area contributed by atoms with Gasteiger partial charge in [0.2, 0.25) is 0 Å². The number of nitriles is 1. The quantitative estimate of drug-likeness (QED) is 0.564. The molecule has 0 N–H and O–H groups in total. The first kappa shape index (κ1) is 7.12. The van der Waals surface area contributed by atoms with Gasteiger partial charge in [0.15, 0.2) is 0 Å². The number of hydrogen-bond donors (Lipinski definition) is 0. The smallest absolute Gasteiger partial charge is 0.0638 e. The first-order valence-corrected chi connectivity index (χ1v) is 4.51. The Morgan fingerprint density at radius 2 is 2.09 bits per heavy atom. The fourth-order valence-electron chi connectivity index (χ4n) is 2.41. The van der Waals surface area contributed by atoms with Crippen molar-refractivity contribution in [1.82, 2.24) is 4.90 Å². The first-order valence-electron chi connectivity index (χ1n) is 4.51. The summed E-state index contributed by atoms with van der Waals surface area (Å²) in [6.45, 7) is 2.49. The van der Waals surface area contributed by atoms with E-state index in [0.717, 1.165) is 12.3 Å². The van der Waals surface area contributed by atoms with Crippen molar-refractivity contribution in [1.29, 1.82) is 5.26 Å². The molecule has 3 heterocycles. The van der Waals surface area contributed by atoms with Crippen LogP contribution in [0, 0.1) is 17.2 Å². The Bertz CT molecular complexity index is 174. The Kier molecular flexibility index (Phi) is 1.83. The molecule has 3 aliphatic rings. The molecule has 0 amide bonds. The molecule has 0 radical (unpaired) electrons. The van der Waals surface area contributed by atoms with E-state index in [1.54, 1.807) is 0 Å². The molecule has 0 spiro atoms. The van der Waals surface area contributed by atoms with Crippen LogP contribution in [0.25, 0.3) is 0 Å². The SMILES string of the molecule is N#CCC1CC2CCN1CC2. The zero-order chi connectivity index (χ0) is 7.68. The van der Waals surface area contributed by atoms with Crippen molar-refractivity contribution < 1.29 is 0 Å². The van der Waals surface area contributed by atoms with Gasteiger partial charge in [0.25, 0.3) is 0 Å². The van der Waals surface area contributed by atoms with Gasteiger partial charge in [-0.15, -0.1) is 0 Å². The third-order valence-corrected chi connectivity index (χ3v) is 3.10. The molecule has 3 aliphatic heterocycles. The van der Waals surface area contributed by atoms with Crippen LogP contribution >= 0.6 is 0 Å². The highest BCUT2D eigenvalue weighted by Crippen LogP contribution is 2.32. The molecule has 0 aromatic heterocycles. The summed E-state index contributed by atoms with van der Waals surface area (Å²) in [7, 11) is 0. The number of hydrogen-bond acceptors (Lipinski definition) is 2. The van der Waals surface area contributed by atoms with Crippen molar-refractivity contribution in [2.45, 2.75) is 31.7 Å². The number of nitrogens with zero attached hydrogens (tertiary/aromatic N) is 2. The molecule has 3 fully saturated rings. The normalized spacial score (nSPS) is 41.9. The third-order valence-electron chi connectivity index (χ3n) is 3.10. The molecular weight excluding hydrogens is 136 g/mol. The molecular formula is C9H14N2. The Morgan fingerprint density at radius 1 is 1.36 bits per heavy atom. The van der Waals surface area contributed by atoms with Gasteiger partial charge in [-0.05, 0) is 38.3 Å². The van der Waals surface area contributed by atoms with E-state index < -0.39 is 0 Å². The van der Waals surface area contributed by atoms with Gasteiger partial charge >= 0.3 is 0 Å². The Labute approximate surface area is 67.8 Å². The van der Waals surface area contributed by atoms with Crippen LogP contribution in [0.4, 0.5) is 0 Å². The zero-order valence-corrected chi connectivity index (χ0v) is 6.79. The van der Waals surface area contributed by atoms with Gasteiger partial charge in [0, 0.05) is 6.04 Å². The number of fused-ring (bicyclic) bond motifs is 3. The molecule has 2 nitrogen and oxygen atoms in total. The maximum atomic E-state index is 8.57. The number of rotatable bonds is 1. The molecule has 0 aromatic rings. The van der Waals surface area contributed by atoms with Gasteiger partial charge in [0.1, 0.15) is 0 Å². The maximum absolute atomic E-state index is 8.57. The standard InChI is InChI=1S/C9H14N2/c10-4-1-9-7-8-2-5-11(9)6-3-8/h8-9H,1-3,5-7H2. The predicted molar refractivity (Wildman–Crippen MR) is 42.9 cm³/mol. The number of piperidine rings is 3. The zero-order valence-electron chi connectivity index (χ0n) is 6.79. The molecule has 3 saturated heterocycles. The van der Waals surface area contributed by atoms with E-state index in [1.807, 2.05) is 0 Å². The minimum atomic E-state index is 0.604. The second-order valence-electron chi connectivity index (χ2n) is 3.73. The van der Waals surface area contributed by atoms with Crippen molar-refractivity contribution in [3.05, 3.63) is 0 Å². The van der Waals surface area contributed by atoms with Crippen LogP contribution in [0.3, 0.4) is 0 Å². The second-order valence-corrected chi connectivity index (χ2v) is 3.73. The summed E-state index contributed by atoms with van der Waals surface area (Å²) in [5, 5.41) is 8.57. The van der Waals surface area contributed by atoms with E-state index in [2.05, 4.69) is 11.0 Å². The molecule has 11 heavy (non-hydrogen) atoms. The molecule has 60 valence electrons. The van der Waals surface area contributed by atoms with Crippen LogP contribution in [-0.2, 0) is 0 Å². The Hall–Kier alpha value is -0.550. The summed E-state index contributed by atoms with van der Waals surface area (Å²) >= 11 is 0. The summed E-state index contributed by atoms with van der Waals surface area (Å²) in [6.07, 6.45) is 4.79. The average molecular weight is 150 g/mol. The molecule has 2 heteroatoms. The van der Waals surface area contributed by atoms with Gasteiger partial charge in [-0.25, -0.2) is 0 Å². The molecule has 0 aliphatic carbocycles. The molecule has 0 aromatic carbocycles. The van der Waals surface area contributed by atoms with Crippen LogP contribution in [0.2, 0.25) is 0 Å². The van der Waals surface area contributed by atoms with E-state index in [9.17, 15) is 0 Å². The summed E-state index contributed by atoms with van der Waals surface area (Å²) in [5.41, 5.74) is 0. The Balaban J connectivity index is 1.98. The van der Waals surface area contributed by atoms with Crippen molar-refractivity contribution >= 4 is 0 Å². The lowest BCUT2D eigenvalue weighted by molar-refractivity contribution is 0.0521. The minimum Gasteiger partial charge on any atom is -0.299 e. The van der Waals surface area contributed by atoms with Gasteiger partial charge in [-0.1, -0.05) is 0 Å². The highest BCUT2D eigenvalue weighted by atomic mass is 15.2. The molecule has 1 atom stereocenters. The second kappa shape index (κ2) is 2.83.